The van der Waals surface area contributed by atoms with Gasteiger partial charge in [-0.3, -0.25) is 0 Å². The van der Waals surface area contributed by atoms with Gasteiger partial charge in [0.15, 0.2) is 0 Å². The van der Waals surface area contributed by atoms with Crippen molar-refractivity contribution < 1.29 is 9.13 Å². The lowest BCUT2D eigenvalue weighted by Crippen LogP contribution is -2.45. The van der Waals surface area contributed by atoms with Gasteiger partial charge in [-0.05, 0) is 61.3 Å². The van der Waals surface area contributed by atoms with Crippen LogP contribution in [0, 0.1) is 5.82 Å². The van der Waals surface area contributed by atoms with E-state index < -0.39 is 5.82 Å². The number of nitrogens with one attached hydrogen (secondary N) is 1. The molecule has 0 saturated heterocycles. The molecule has 0 atom stereocenters. The Labute approximate surface area is 120 Å². The molecule has 1 aromatic carbocycles. The lowest BCUT2D eigenvalue weighted by Gasteiger charge is -2.42. The van der Waals surface area contributed by atoms with Gasteiger partial charge in [-0.2, -0.15) is 0 Å². The molecular formula is C13H16BrClFNO. The second-order valence-electron chi connectivity index (χ2n) is 4.69. The van der Waals surface area contributed by atoms with Crippen LogP contribution >= 0.6 is 27.5 Å². The molecule has 1 aliphatic rings. The Morgan fingerprint density at radius 1 is 1.50 bits per heavy atom. The second-order valence-corrected chi connectivity index (χ2v) is 5.95. The minimum atomic E-state index is -0.446. The lowest BCUT2D eigenvalue weighted by atomic mass is 9.77. The van der Waals surface area contributed by atoms with E-state index in [0.717, 1.165) is 32.2 Å². The molecular weight excluding hydrogens is 321 g/mol. The first-order chi connectivity index (χ1) is 8.56. The third-order valence-electron chi connectivity index (χ3n) is 3.40. The van der Waals surface area contributed by atoms with Gasteiger partial charge in [0.05, 0.1) is 9.50 Å². The zero-order valence-electron chi connectivity index (χ0n) is 10.2. The number of hydrogen-bond acceptors (Lipinski definition) is 2. The number of ether oxygens (including phenoxy) is 1. The molecule has 1 N–H and O–H groups in total. The van der Waals surface area contributed by atoms with Gasteiger partial charge in [0.1, 0.15) is 17.2 Å². The first kappa shape index (κ1) is 14.1. The Morgan fingerprint density at radius 2 is 2.22 bits per heavy atom. The van der Waals surface area contributed by atoms with E-state index in [1.807, 2.05) is 7.05 Å². The maximum atomic E-state index is 13.5. The van der Waals surface area contributed by atoms with Gasteiger partial charge in [-0.25, -0.2) is 4.39 Å². The number of rotatable bonds is 5. The average Bonchev–Trinajstić information content (AvgIpc) is 2.28. The van der Waals surface area contributed by atoms with Gasteiger partial charge < -0.3 is 10.1 Å². The molecule has 0 aromatic heterocycles. The number of benzene rings is 1. The van der Waals surface area contributed by atoms with Crippen LogP contribution in [0.15, 0.2) is 16.6 Å². The summed E-state index contributed by atoms with van der Waals surface area (Å²) in [5.41, 5.74) is -0.147. The average molecular weight is 337 g/mol. The van der Waals surface area contributed by atoms with E-state index in [1.54, 1.807) is 0 Å². The predicted octanol–water partition coefficient (Wildman–Crippen LogP) is 4.15. The summed E-state index contributed by atoms with van der Waals surface area (Å²) in [7, 11) is 1.92. The Bertz CT molecular complexity index is 437. The Kier molecular flexibility index (Phi) is 4.51. The highest BCUT2D eigenvalue weighted by Crippen LogP contribution is 2.42. The molecule has 0 amide bonds. The third-order valence-corrected chi connectivity index (χ3v) is 4.31. The largest absolute Gasteiger partial charge is 0.486 e. The fraction of sp³-hybridized carbons (Fsp3) is 0.538. The van der Waals surface area contributed by atoms with Crippen LogP contribution in [-0.2, 0) is 0 Å². The SMILES string of the molecule is CNCCC1(Oc2cc(F)c(Cl)cc2Br)CCC1. The fourth-order valence-corrected chi connectivity index (χ4v) is 2.86. The summed E-state index contributed by atoms with van der Waals surface area (Å²) >= 11 is 9.08. The van der Waals surface area contributed by atoms with E-state index in [2.05, 4.69) is 21.2 Å². The van der Waals surface area contributed by atoms with Crippen molar-refractivity contribution in [3.8, 4) is 5.75 Å². The summed E-state index contributed by atoms with van der Waals surface area (Å²) in [6.07, 6.45) is 4.13. The standard InChI is InChI=1S/C13H16BrClFNO/c1-17-6-5-13(3-2-4-13)18-12-8-11(16)10(15)7-9(12)14/h7-8,17H,2-6H2,1H3. The molecule has 0 unspecified atom stereocenters. The van der Waals surface area contributed by atoms with Gasteiger partial charge in [-0.1, -0.05) is 11.6 Å². The zero-order chi connectivity index (χ0) is 13.2. The van der Waals surface area contributed by atoms with E-state index in [0.29, 0.717) is 10.2 Å². The molecule has 0 aliphatic heterocycles. The monoisotopic (exact) mass is 335 g/mol. The highest BCUT2D eigenvalue weighted by molar-refractivity contribution is 9.10. The van der Waals surface area contributed by atoms with Crippen molar-refractivity contribution >= 4 is 27.5 Å². The zero-order valence-corrected chi connectivity index (χ0v) is 12.6. The first-order valence-corrected chi connectivity index (χ1v) is 7.22. The molecule has 0 heterocycles. The number of halogens is 3. The van der Waals surface area contributed by atoms with Gasteiger partial charge >= 0.3 is 0 Å². The van der Waals surface area contributed by atoms with Crippen LogP contribution in [0.2, 0.25) is 5.02 Å². The third kappa shape index (κ3) is 2.98. The van der Waals surface area contributed by atoms with Crippen LogP contribution in [0.3, 0.4) is 0 Å². The Hall–Kier alpha value is -0.320. The molecule has 1 saturated carbocycles. The van der Waals surface area contributed by atoms with Crippen molar-refractivity contribution in [2.75, 3.05) is 13.6 Å². The van der Waals surface area contributed by atoms with Gasteiger partial charge in [0, 0.05) is 6.07 Å². The van der Waals surface area contributed by atoms with Crippen molar-refractivity contribution in [2.24, 2.45) is 0 Å². The minimum absolute atomic E-state index is 0.104. The summed E-state index contributed by atoms with van der Waals surface area (Å²) in [5, 5.41) is 3.23. The molecule has 2 nitrogen and oxygen atoms in total. The molecule has 0 radical (unpaired) electrons. The van der Waals surface area contributed by atoms with E-state index in [-0.39, 0.29) is 10.6 Å². The molecule has 1 aromatic rings. The van der Waals surface area contributed by atoms with Crippen molar-refractivity contribution in [3.05, 3.63) is 27.4 Å². The van der Waals surface area contributed by atoms with Crippen LogP contribution in [0.5, 0.6) is 5.75 Å². The fourth-order valence-electron chi connectivity index (χ4n) is 2.14. The Morgan fingerprint density at radius 3 is 2.78 bits per heavy atom. The molecule has 0 spiro atoms. The van der Waals surface area contributed by atoms with E-state index in [1.165, 1.54) is 12.1 Å². The smallest absolute Gasteiger partial charge is 0.145 e. The minimum Gasteiger partial charge on any atom is -0.486 e. The van der Waals surface area contributed by atoms with E-state index in [9.17, 15) is 4.39 Å². The van der Waals surface area contributed by atoms with Crippen molar-refractivity contribution in [3.63, 3.8) is 0 Å². The Balaban J connectivity index is 2.14. The van der Waals surface area contributed by atoms with Gasteiger partial charge in [0.25, 0.3) is 0 Å². The van der Waals surface area contributed by atoms with Crippen LogP contribution in [0.1, 0.15) is 25.7 Å². The lowest BCUT2D eigenvalue weighted by molar-refractivity contribution is -0.0147. The van der Waals surface area contributed by atoms with Crippen molar-refractivity contribution in [2.45, 2.75) is 31.3 Å². The highest BCUT2D eigenvalue weighted by Gasteiger charge is 2.39. The van der Waals surface area contributed by atoms with E-state index >= 15 is 0 Å². The van der Waals surface area contributed by atoms with Crippen molar-refractivity contribution in [1.29, 1.82) is 0 Å². The van der Waals surface area contributed by atoms with Crippen molar-refractivity contribution in [1.82, 2.24) is 5.32 Å². The summed E-state index contributed by atoms with van der Waals surface area (Å²) < 4.78 is 20.2. The van der Waals surface area contributed by atoms with Crippen LogP contribution in [0.25, 0.3) is 0 Å². The van der Waals surface area contributed by atoms with Gasteiger partial charge in [0.2, 0.25) is 0 Å². The molecule has 0 bridgehead atoms. The molecule has 2 rings (SSSR count). The van der Waals surface area contributed by atoms with Crippen LogP contribution in [0.4, 0.5) is 4.39 Å². The highest BCUT2D eigenvalue weighted by atomic mass is 79.9. The van der Waals surface area contributed by atoms with Gasteiger partial charge in [-0.15, -0.1) is 0 Å². The molecule has 1 fully saturated rings. The maximum absolute atomic E-state index is 13.5. The normalized spacial score (nSPS) is 17.3. The number of hydrogen-bond donors (Lipinski definition) is 1. The summed E-state index contributed by atoms with van der Waals surface area (Å²) in [4.78, 5) is 0. The molecule has 18 heavy (non-hydrogen) atoms. The summed E-state index contributed by atoms with van der Waals surface area (Å²) in [5.74, 6) is 0.0886. The molecule has 100 valence electrons. The van der Waals surface area contributed by atoms with E-state index in [4.69, 9.17) is 16.3 Å². The maximum Gasteiger partial charge on any atom is 0.145 e. The predicted molar refractivity (Wildman–Crippen MR) is 74.9 cm³/mol. The molecule has 5 heteroatoms. The van der Waals surface area contributed by atoms with Crippen LogP contribution < -0.4 is 10.1 Å². The van der Waals surface area contributed by atoms with Crippen LogP contribution in [-0.4, -0.2) is 19.2 Å². The first-order valence-electron chi connectivity index (χ1n) is 6.04. The summed E-state index contributed by atoms with van der Waals surface area (Å²) in [6.45, 7) is 0.897. The molecule has 1 aliphatic carbocycles. The topological polar surface area (TPSA) is 21.3 Å². The quantitative estimate of drug-likeness (QED) is 0.816. The second kappa shape index (κ2) is 5.76. The summed E-state index contributed by atoms with van der Waals surface area (Å²) in [6, 6.07) is 2.89.